The molecule has 2 aromatic heterocycles. The van der Waals surface area contributed by atoms with Gasteiger partial charge in [-0.2, -0.15) is 5.10 Å². The molecule has 1 fully saturated rings. The molecule has 1 atom stereocenters. The standard InChI is InChI=1S/C21H24F2N8S/c1-12-10-26-20(32-12)28-18-16-11-27-31(15-4-6-25-7-5-15)19(16)30-21(24,29-18)9-13-2-3-14(22)8-17(13)23/h2-3,8,10-11,15,25,30H,4-7,9,24H2,1H3,(H,26,28,29). The molecule has 2 aliphatic rings. The van der Waals surface area contributed by atoms with E-state index < -0.39 is 17.4 Å². The summed E-state index contributed by atoms with van der Waals surface area (Å²) >= 11 is 1.50. The summed E-state index contributed by atoms with van der Waals surface area (Å²) in [5.41, 5.74) is 7.69. The van der Waals surface area contributed by atoms with Crippen LogP contribution in [-0.2, 0) is 6.42 Å². The van der Waals surface area contributed by atoms with E-state index in [1.807, 2.05) is 11.6 Å². The van der Waals surface area contributed by atoms with Crippen molar-refractivity contribution in [2.24, 2.45) is 10.7 Å². The smallest absolute Gasteiger partial charge is 0.189 e. The van der Waals surface area contributed by atoms with E-state index >= 15 is 0 Å². The Hall–Kier alpha value is -2.89. The number of hydrogen-bond donors (Lipinski definition) is 4. The minimum absolute atomic E-state index is 0.0258. The van der Waals surface area contributed by atoms with Crippen LogP contribution >= 0.6 is 11.3 Å². The summed E-state index contributed by atoms with van der Waals surface area (Å²) in [6.07, 6.45) is 5.43. The molecule has 1 saturated heterocycles. The lowest BCUT2D eigenvalue weighted by Gasteiger charge is -2.34. The molecule has 32 heavy (non-hydrogen) atoms. The number of halogens is 2. The van der Waals surface area contributed by atoms with Gasteiger partial charge in [0, 0.05) is 23.6 Å². The number of aliphatic imine (C=N–C) groups is 1. The molecule has 0 radical (unpaired) electrons. The van der Waals surface area contributed by atoms with Crippen LogP contribution in [0, 0.1) is 18.6 Å². The van der Waals surface area contributed by atoms with Crippen molar-refractivity contribution in [3.63, 3.8) is 0 Å². The molecule has 168 valence electrons. The molecule has 0 aliphatic carbocycles. The molecule has 1 aromatic carbocycles. The number of anilines is 2. The van der Waals surface area contributed by atoms with Crippen molar-refractivity contribution < 1.29 is 8.78 Å². The van der Waals surface area contributed by atoms with Crippen molar-refractivity contribution in [1.29, 1.82) is 0 Å². The van der Waals surface area contributed by atoms with Gasteiger partial charge in [-0.05, 0) is 44.5 Å². The van der Waals surface area contributed by atoms with Gasteiger partial charge in [0.25, 0.3) is 0 Å². The molecule has 5 rings (SSSR count). The van der Waals surface area contributed by atoms with Crippen molar-refractivity contribution >= 4 is 28.1 Å². The molecule has 5 N–H and O–H groups in total. The average molecular weight is 459 g/mol. The highest BCUT2D eigenvalue weighted by Gasteiger charge is 2.36. The first-order chi connectivity index (χ1) is 15.4. The highest BCUT2D eigenvalue weighted by atomic mass is 32.1. The normalized spacial score (nSPS) is 21.1. The fourth-order valence-electron chi connectivity index (χ4n) is 4.13. The largest absolute Gasteiger partial charge is 0.333 e. The zero-order chi connectivity index (χ0) is 22.3. The summed E-state index contributed by atoms with van der Waals surface area (Å²) in [5, 5.41) is 15.2. The fraction of sp³-hybridized carbons (Fsp3) is 0.381. The van der Waals surface area contributed by atoms with Gasteiger partial charge in [-0.25, -0.2) is 23.4 Å². The van der Waals surface area contributed by atoms with Gasteiger partial charge in [-0.1, -0.05) is 6.07 Å². The van der Waals surface area contributed by atoms with E-state index in [9.17, 15) is 8.78 Å². The van der Waals surface area contributed by atoms with Crippen LogP contribution in [-0.4, -0.2) is 39.5 Å². The highest BCUT2D eigenvalue weighted by molar-refractivity contribution is 7.15. The van der Waals surface area contributed by atoms with E-state index in [1.54, 1.807) is 12.4 Å². The zero-order valence-electron chi connectivity index (χ0n) is 17.5. The molecule has 3 aromatic rings. The number of hydrogen-bond acceptors (Lipinski definition) is 8. The van der Waals surface area contributed by atoms with E-state index in [-0.39, 0.29) is 18.0 Å². The summed E-state index contributed by atoms with van der Waals surface area (Å²) in [6, 6.07) is 3.68. The number of aryl methyl sites for hydroxylation is 1. The third-order valence-corrected chi connectivity index (χ3v) is 6.50. The van der Waals surface area contributed by atoms with Gasteiger partial charge in [0.15, 0.2) is 10.9 Å². The Morgan fingerprint density at radius 1 is 1.28 bits per heavy atom. The van der Waals surface area contributed by atoms with Crippen LogP contribution in [0.3, 0.4) is 0 Å². The summed E-state index contributed by atoms with van der Waals surface area (Å²) in [5.74, 6) is -1.41. The third kappa shape index (κ3) is 4.10. The lowest BCUT2D eigenvalue weighted by Crippen LogP contribution is -2.52. The molecule has 0 spiro atoms. The lowest BCUT2D eigenvalue weighted by molar-refractivity contribution is 0.342. The van der Waals surface area contributed by atoms with Crippen LogP contribution in [0.15, 0.2) is 35.6 Å². The molecule has 1 unspecified atom stereocenters. The molecular formula is C21H24F2N8S. The molecule has 4 heterocycles. The fourth-order valence-corrected chi connectivity index (χ4v) is 4.79. The number of fused-ring (bicyclic) bond motifs is 1. The van der Waals surface area contributed by atoms with Crippen LogP contribution < -0.4 is 21.7 Å². The number of benzene rings is 1. The molecule has 0 amide bonds. The second-order valence-electron chi connectivity index (χ2n) is 8.16. The van der Waals surface area contributed by atoms with Gasteiger partial charge in [0.1, 0.15) is 23.3 Å². The Morgan fingerprint density at radius 3 is 2.81 bits per heavy atom. The number of nitrogens with zero attached hydrogens (tertiary/aromatic N) is 4. The minimum atomic E-state index is -1.36. The van der Waals surface area contributed by atoms with Crippen LogP contribution in [0.5, 0.6) is 0 Å². The van der Waals surface area contributed by atoms with Gasteiger partial charge >= 0.3 is 0 Å². The van der Waals surface area contributed by atoms with E-state index in [0.29, 0.717) is 11.0 Å². The average Bonchev–Trinajstić information content (AvgIpc) is 3.36. The number of aromatic nitrogens is 3. The first kappa shape index (κ1) is 21.0. The van der Waals surface area contributed by atoms with E-state index in [4.69, 9.17) is 5.73 Å². The summed E-state index contributed by atoms with van der Waals surface area (Å²) in [7, 11) is 0. The quantitative estimate of drug-likeness (QED) is 0.479. The maximum Gasteiger partial charge on any atom is 0.189 e. The Balaban J connectivity index is 1.53. The van der Waals surface area contributed by atoms with Gasteiger partial charge < -0.3 is 16.0 Å². The predicted molar refractivity (Wildman–Crippen MR) is 121 cm³/mol. The molecule has 0 saturated carbocycles. The van der Waals surface area contributed by atoms with Crippen molar-refractivity contribution in [3.8, 4) is 0 Å². The molecule has 8 nitrogen and oxygen atoms in total. The highest BCUT2D eigenvalue weighted by Crippen LogP contribution is 2.33. The number of thiazole rings is 1. The molecule has 2 aliphatic heterocycles. The van der Waals surface area contributed by atoms with Crippen molar-refractivity contribution in [3.05, 3.63) is 58.2 Å². The maximum absolute atomic E-state index is 14.4. The number of piperidine rings is 1. The Labute approximate surface area is 188 Å². The topological polar surface area (TPSA) is 105 Å². The van der Waals surface area contributed by atoms with Gasteiger partial charge in [0.2, 0.25) is 0 Å². The Morgan fingerprint density at radius 2 is 2.09 bits per heavy atom. The van der Waals surface area contributed by atoms with Crippen molar-refractivity contribution in [1.82, 2.24) is 20.1 Å². The zero-order valence-corrected chi connectivity index (χ0v) is 18.3. The maximum atomic E-state index is 14.4. The number of rotatable bonds is 4. The van der Waals surface area contributed by atoms with Crippen LogP contribution in [0.4, 0.5) is 19.7 Å². The van der Waals surface area contributed by atoms with E-state index in [0.717, 1.165) is 48.3 Å². The number of amidine groups is 1. The van der Waals surface area contributed by atoms with E-state index in [1.165, 1.54) is 23.5 Å². The summed E-state index contributed by atoms with van der Waals surface area (Å²) < 4.78 is 29.7. The number of nitrogens with one attached hydrogen (secondary N) is 3. The minimum Gasteiger partial charge on any atom is -0.333 e. The molecule has 11 heteroatoms. The molecular weight excluding hydrogens is 434 g/mol. The lowest BCUT2D eigenvalue weighted by atomic mass is 10.0. The summed E-state index contributed by atoms with van der Waals surface area (Å²) in [4.78, 5) is 10.1. The second kappa shape index (κ2) is 8.23. The SMILES string of the molecule is Cc1cnc(NC2=NC(N)(Cc3ccc(F)cc3F)Nc3c2cnn3C2CCNCC2)s1. The van der Waals surface area contributed by atoms with Gasteiger partial charge in [0.05, 0.1) is 17.8 Å². The van der Waals surface area contributed by atoms with Crippen LogP contribution in [0.1, 0.15) is 34.9 Å². The summed E-state index contributed by atoms with van der Waals surface area (Å²) in [6.45, 7) is 3.79. The third-order valence-electron chi connectivity index (χ3n) is 5.67. The monoisotopic (exact) mass is 458 g/mol. The second-order valence-corrected chi connectivity index (χ2v) is 9.39. The van der Waals surface area contributed by atoms with Crippen LogP contribution in [0.25, 0.3) is 0 Å². The first-order valence-corrected chi connectivity index (χ1v) is 11.3. The molecule has 0 bridgehead atoms. The van der Waals surface area contributed by atoms with Crippen molar-refractivity contribution in [2.75, 3.05) is 23.7 Å². The van der Waals surface area contributed by atoms with Crippen LogP contribution in [0.2, 0.25) is 0 Å². The Kier molecular flexibility index (Phi) is 5.39. The Bertz CT molecular complexity index is 1170. The van der Waals surface area contributed by atoms with E-state index in [2.05, 4.69) is 31.0 Å². The van der Waals surface area contributed by atoms with Gasteiger partial charge in [-0.15, -0.1) is 11.3 Å². The van der Waals surface area contributed by atoms with Crippen molar-refractivity contribution in [2.45, 2.75) is 38.0 Å². The first-order valence-electron chi connectivity index (χ1n) is 10.5. The number of nitrogens with two attached hydrogens (primary N) is 1. The predicted octanol–water partition coefficient (Wildman–Crippen LogP) is 2.99. The van der Waals surface area contributed by atoms with Gasteiger partial charge in [-0.3, -0.25) is 5.73 Å².